The van der Waals surface area contributed by atoms with Crippen molar-refractivity contribution in [2.75, 3.05) is 20.1 Å². The highest BCUT2D eigenvalue weighted by Gasteiger charge is 2.21. The predicted octanol–water partition coefficient (Wildman–Crippen LogP) is 6.39. The number of halogens is 2. The Hall–Kier alpha value is -2.07. The number of hydrogen-bond acceptors (Lipinski definition) is 6. The highest BCUT2D eigenvalue weighted by Crippen LogP contribution is 2.32. The average Bonchev–Trinajstić information content (AvgIpc) is 2.85. The molecule has 0 amide bonds. The third kappa shape index (κ3) is 7.96. The molecule has 0 spiro atoms. The molecule has 2 aromatic rings. The van der Waals surface area contributed by atoms with E-state index in [1.165, 1.54) is 19.3 Å². The van der Waals surface area contributed by atoms with Crippen molar-refractivity contribution in [3.8, 4) is 28.8 Å². The van der Waals surface area contributed by atoms with Crippen LogP contribution < -0.4 is 9.47 Å². The Kier molecular flexibility index (Phi) is 12.1. The number of unbranched alkanes of at least 4 members (excludes halogenated alkanes) is 1. The Bertz CT molecular complexity index is 968. The fourth-order valence-corrected chi connectivity index (χ4v) is 4.76. The standard InChI is InChI=1S/C27H36N4O2.2ClH/c1-3-4-10-25-24(18-27(30-29-25)33-23-13-15-31(2)16-14-23)20-11-12-26(21(17-20)19-28)32-22-8-6-5-7-9-22;;/h11-12,17-18,22-23H,3-10,13-16H2,1-2H3;2*1H. The number of hydrogen-bond donors (Lipinski definition) is 0. The van der Waals surface area contributed by atoms with Gasteiger partial charge in [0.05, 0.1) is 17.4 Å². The minimum Gasteiger partial charge on any atom is -0.489 e. The van der Waals surface area contributed by atoms with Gasteiger partial charge in [0.2, 0.25) is 5.88 Å². The van der Waals surface area contributed by atoms with E-state index in [1.807, 2.05) is 24.3 Å². The molecule has 35 heavy (non-hydrogen) atoms. The second-order valence-electron chi connectivity index (χ2n) is 9.47. The lowest BCUT2D eigenvalue weighted by Crippen LogP contribution is -2.35. The molecule has 2 aliphatic rings. The maximum Gasteiger partial charge on any atom is 0.234 e. The fourth-order valence-electron chi connectivity index (χ4n) is 4.76. The van der Waals surface area contributed by atoms with E-state index in [-0.39, 0.29) is 37.0 Å². The summed E-state index contributed by atoms with van der Waals surface area (Å²) in [6, 6.07) is 10.3. The monoisotopic (exact) mass is 520 g/mol. The lowest BCUT2D eigenvalue weighted by atomic mass is 9.97. The van der Waals surface area contributed by atoms with Crippen LogP contribution in [0.2, 0.25) is 0 Å². The van der Waals surface area contributed by atoms with Crippen molar-refractivity contribution in [1.29, 1.82) is 5.26 Å². The number of benzene rings is 1. The van der Waals surface area contributed by atoms with Crippen molar-refractivity contribution in [3.05, 3.63) is 35.5 Å². The summed E-state index contributed by atoms with van der Waals surface area (Å²) in [4.78, 5) is 2.32. The van der Waals surface area contributed by atoms with Gasteiger partial charge in [-0.2, -0.15) is 10.4 Å². The van der Waals surface area contributed by atoms with Gasteiger partial charge in [0.15, 0.2) is 0 Å². The van der Waals surface area contributed by atoms with Gasteiger partial charge in [0.25, 0.3) is 0 Å². The molecule has 8 heteroatoms. The van der Waals surface area contributed by atoms with E-state index in [4.69, 9.17) is 9.47 Å². The van der Waals surface area contributed by atoms with Crippen molar-refractivity contribution >= 4 is 24.8 Å². The third-order valence-electron chi connectivity index (χ3n) is 6.82. The van der Waals surface area contributed by atoms with E-state index in [0.29, 0.717) is 17.2 Å². The molecule has 1 aromatic carbocycles. The number of piperidine rings is 1. The Morgan fingerprint density at radius 3 is 2.37 bits per heavy atom. The molecule has 4 rings (SSSR count). The van der Waals surface area contributed by atoms with Crippen molar-refractivity contribution in [2.45, 2.75) is 83.3 Å². The first-order chi connectivity index (χ1) is 16.2. The van der Waals surface area contributed by atoms with Gasteiger partial charge in [-0.15, -0.1) is 29.9 Å². The zero-order valence-electron chi connectivity index (χ0n) is 20.9. The van der Waals surface area contributed by atoms with Crippen LogP contribution in [0, 0.1) is 11.3 Å². The highest BCUT2D eigenvalue weighted by atomic mass is 35.5. The second-order valence-corrected chi connectivity index (χ2v) is 9.47. The first kappa shape index (κ1) is 29.2. The molecule has 6 nitrogen and oxygen atoms in total. The summed E-state index contributed by atoms with van der Waals surface area (Å²) in [5.41, 5.74) is 3.50. The molecule has 2 fully saturated rings. The predicted molar refractivity (Wildman–Crippen MR) is 144 cm³/mol. The Labute approximate surface area is 222 Å². The minimum atomic E-state index is 0. The van der Waals surface area contributed by atoms with Crippen LogP contribution in [-0.4, -0.2) is 47.4 Å². The van der Waals surface area contributed by atoms with E-state index < -0.39 is 0 Å². The number of aryl methyl sites for hydroxylation is 1. The van der Waals surface area contributed by atoms with Crippen molar-refractivity contribution in [1.82, 2.24) is 15.1 Å². The molecule has 1 saturated heterocycles. The molecule has 1 saturated carbocycles. The van der Waals surface area contributed by atoms with E-state index in [0.717, 1.165) is 74.9 Å². The highest BCUT2D eigenvalue weighted by molar-refractivity contribution is 5.85. The molecular weight excluding hydrogens is 483 g/mol. The Morgan fingerprint density at radius 1 is 0.971 bits per heavy atom. The molecule has 1 aromatic heterocycles. The Balaban J connectivity index is 0.00000216. The van der Waals surface area contributed by atoms with Crippen LogP contribution in [0.25, 0.3) is 11.1 Å². The summed E-state index contributed by atoms with van der Waals surface area (Å²) >= 11 is 0. The van der Waals surface area contributed by atoms with Crippen molar-refractivity contribution < 1.29 is 9.47 Å². The number of aromatic nitrogens is 2. The van der Waals surface area contributed by atoms with Gasteiger partial charge in [0, 0.05) is 24.7 Å². The van der Waals surface area contributed by atoms with Crippen LogP contribution in [0.4, 0.5) is 0 Å². The summed E-state index contributed by atoms with van der Waals surface area (Å²) < 4.78 is 12.4. The van der Waals surface area contributed by atoms with Gasteiger partial charge in [-0.25, -0.2) is 0 Å². The van der Waals surface area contributed by atoms with Gasteiger partial charge in [-0.3, -0.25) is 0 Å². The summed E-state index contributed by atoms with van der Waals surface area (Å²) in [6.45, 7) is 4.25. The topological polar surface area (TPSA) is 71.3 Å². The van der Waals surface area contributed by atoms with Crippen LogP contribution in [-0.2, 0) is 6.42 Å². The number of likely N-dealkylation sites (tertiary alicyclic amines) is 1. The van der Waals surface area contributed by atoms with Crippen LogP contribution in [0.3, 0.4) is 0 Å². The van der Waals surface area contributed by atoms with E-state index in [1.54, 1.807) is 0 Å². The average molecular weight is 522 g/mol. The quantitative estimate of drug-likeness (QED) is 0.401. The minimum absolute atomic E-state index is 0. The van der Waals surface area contributed by atoms with Crippen LogP contribution in [0.15, 0.2) is 24.3 Å². The molecule has 0 N–H and O–H groups in total. The normalized spacial score (nSPS) is 17.1. The zero-order chi connectivity index (χ0) is 23.0. The number of nitrogens with zero attached hydrogens (tertiary/aromatic N) is 4. The van der Waals surface area contributed by atoms with Gasteiger partial charge in [0.1, 0.15) is 17.9 Å². The largest absolute Gasteiger partial charge is 0.489 e. The maximum absolute atomic E-state index is 9.84. The molecule has 192 valence electrons. The molecule has 1 aliphatic heterocycles. The van der Waals surface area contributed by atoms with Crippen LogP contribution in [0.1, 0.15) is 76.0 Å². The number of nitriles is 1. The Morgan fingerprint density at radius 2 is 1.69 bits per heavy atom. The van der Waals surface area contributed by atoms with Gasteiger partial charge in [-0.05, 0) is 76.1 Å². The summed E-state index contributed by atoms with van der Waals surface area (Å²) in [6.07, 6.45) is 11.2. The number of ether oxygens (including phenoxy) is 2. The molecule has 0 radical (unpaired) electrons. The van der Waals surface area contributed by atoms with Crippen LogP contribution >= 0.6 is 24.8 Å². The molecular formula is C27H38Cl2N4O2. The zero-order valence-corrected chi connectivity index (χ0v) is 22.5. The van der Waals surface area contributed by atoms with E-state index in [9.17, 15) is 5.26 Å². The summed E-state index contributed by atoms with van der Waals surface area (Å²) in [5.74, 6) is 1.26. The smallest absolute Gasteiger partial charge is 0.234 e. The van der Waals surface area contributed by atoms with Gasteiger partial charge in [-0.1, -0.05) is 25.8 Å². The maximum atomic E-state index is 9.84. The fraction of sp³-hybridized carbons (Fsp3) is 0.593. The molecule has 0 atom stereocenters. The second kappa shape index (κ2) is 14.5. The molecule has 0 unspecified atom stereocenters. The SMILES string of the molecule is CCCCc1nnc(OC2CCN(C)CC2)cc1-c1ccc(OC2CCCCC2)c(C#N)c1.Cl.Cl. The first-order valence-electron chi connectivity index (χ1n) is 12.6. The lowest BCUT2D eigenvalue weighted by molar-refractivity contribution is 0.109. The van der Waals surface area contributed by atoms with Gasteiger partial charge < -0.3 is 14.4 Å². The molecule has 1 aliphatic carbocycles. The van der Waals surface area contributed by atoms with Gasteiger partial charge >= 0.3 is 0 Å². The summed E-state index contributed by atoms with van der Waals surface area (Å²) in [7, 11) is 2.14. The third-order valence-corrected chi connectivity index (χ3v) is 6.82. The first-order valence-corrected chi connectivity index (χ1v) is 12.6. The van der Waals surface area contributed by atoms with E-state index in [2.05, 4.69) is 35.1 Å². The van der Waals surface area contributed by atoms with Crippen molar-refractivity contribution in [2.24, 2.45) is 0 Å². The molecule has 2 heterocycles. The summed E-state index contributed by atoms with van der Waals surface area (Å²) in [5, 5.41) is 18.8. The number of rotatable bonds is 8. The van der Waals surface area contributed by atoms with E-state index >= 15 is 0 Å². The van der Waals surface area contributed by atoms with Crippen LogP contribution in [0.5, 0.6) is 11.6 Å². The molecule has 0 bridgehead atoms. The van der Waals surface area contributed by atoms with Crippen molar-refractivity contribution in [3.63, 3.8) is 0 Å². The lowest BCUT2D eigenvalue weighted by Gasteiger charge is -2.29.